The Morgan fingerprint density at radius 3 is 2.43 bits per heavy atom. The second kappa shape index (κ2) is 3.46. The van der Waals surface area contributed by atoms with Crippen LogP contribution in [0.15, 0.2) is 0 Å². The number of rotatable bonds is 4. The lowest BCUT2D eigenvalue weighted by Crippen LogP contribution is -2.53. The molecule has 1 unspecified atom stereocenters. The maximum Gasteiger partial charge on any atom is 0.380 e. The maximum absolute atomic E-state index is 13.3. The number of alkyl halides is 2. The second-order valence-corrected chi connectivity index (χ2v) is 3.72. The van der Waals surface area contributed by atoms with Gasteiger partial charge in [-0.15, -0.1) is 0 Å². The van der Waals surface area contributed by atoms with Crippen molar-refractivity contribution in [3.63, 3.8) is 0 Å². The number of hydrogen-bond donors (Lipinski definition) is 1. The zero-order valence-electron chi connectivity index (χ0n) is 8.22. The van der Waals surface area contributed by atoms with Crippen LogP contribution in [-0.4, -0.2) is 29.2 Å². The third kappa shape index (κ3) is 1.73. The quantitative estimate of drug-likeness (QED) is 0.709. The van der Waals surface area contributed by atoms with Gasteiger partial charge >= 0.3 is 11.9 Å². The first kappa shape index (κ1) is 11.4. The molecule has 1 aliphatic rings. The zero-order chi connectivity index (χ0) is 11.0. The van der Waals surface area contributed by atoms with Crippen LogP contribution in [0.5, 0.6) is 0 Å². The maximum atomic E-state index is 13.3. The fourth-order valence-corrected chi connectivity index (χ4v) is 1.33. The van der Waals surface area contributed by atoms with E-state index in [-0.39, 0.29) is 6.61 Å². The zero-order valence-corrected chi connectivity index (χ0v) is 8.22. The van der Waals surface area contributed by atoms with Crippen molar-refractivity contribution in [1.82, 2.24) is 0 Å². The van der Waals surface area contributed by atoms with Crippen molar-refractivity contribution in [3.05, 3.63) is 0 Å². The third-order valence-electron chi connectivity index (χ3n) is 2.54. The number of esters is 1. The van der Waals surface area contributed by atoms with Gasteiger partial charge in [0.1, 0.15) is 5.60 Å². The van der Waals surface area contributed by atoms with Gasteiger partial charge < -0.3 is 9.84 Å². The highest BCUT2D eigenvalue weighted by atomic mass is 19.3. The summed E-state index contributed by atoms with van der Waals surface area (Å²) < 4.78 is 30.9. The summed E-state index contributed by atoms with van der Waals surface area (Å²) in [6.45, 7) is 2.32. The van der Waals surface area contributed by atoms with Gasteiger partial charge in [-0.05, 0) is 32.6 Å². The molecule has 1 aliphatic carbocycles. The number of hydrogen-bond acceptors (Lipinski definition) is 3. The normalized spacial score (nSPS) is 21.5. The molecule has 1 rings (SSSR count). The van der Waals surface area contributed by atoms with Gasteiger partial charge in [0.15, 0.2) is 0 Å². The van der Waals surface area contributed by atoms with Crippen molar-refractivity contribution in [2.45, 2.75) is 38.2 Å². The molecule has 0 aromatic rings. The predicted molar refractivity (Wildman–Crippen MR) is 44.9 cm³/mol. The standard InChI is InChI=1S/C9H14F2O3/c1-3-14-7(12)9(10,11)8(2,13)6-4-5-6/h6,13H,3-5H2,1-2H3. The van der Waals surface area contributed by atoms with E-state index >= 15 is 0 Å². The molecule has 0 aromatic carbocycles. The van der Waals surface area contributed by atoms with Crippen LogP contribution in [0, 0.1) is 5.92 Å². The Labute approximate surface area is 81.1 Å². The molecule has 0 bridgehead atoms. The van der Waals surface area contributed by atoms with Crippen molar-refractivity contribution >= 4 is 5.97 Å². The molecule has 5 heteroatoms. The van der Waals surface area contributed by atoms with Gasteiger partial charge in [0.25, 0.3) is 0 Å². The molecular formula is C9H14F2O3. The molecule has 0 aromatic heterocycles. The van der Waals surface area contributed by atoms with Crippen LogP contribution < -0.4 is 0 Å². The summed E-state index contributed by atoms with van der Waals surface area (Å²) in [5.74, 6) is -5.96. The van der Waals surface area contributed by atoms with Crippen LogP contribution in [0.3, 0.4) is 0 Å². The van der Waals surface area contributed by atoms with E-state index in [2.05, 4.69) is 4.74 Å². The van der Waals surface area contributed by atoms with Crippen LogP contribution in [0.2, 0.25) is 0 Å². The molecule has 0 amide bonds. The van der Waals surface area contributed by atoms with Gasteiger partial charge in [-0.1, -0.05) is 0 Å². The summed E-state index contributed by atoms with van der Waals surface area (Å²) in [5.41, 5.74) is -2.28. The Kier molecular flexibility index (Phi) is 2.81. The first-order valence-electron chi connectivity index (χ1n) is 4.61. The van der Waals surface area contributed by atoms with E-state index in [0.29, 0.717) is 12.8 Å². The van der Waals surface area contributed by atoms with Crippen LogP contribution in [0.4, 0.5) is 8.78 Å². The summed E-state index contributed by atoms with van der Waals surface area (Å²) in [5, 5.41) is 9.53. The van der Waals surface area contributed by atoms with E-state index in [9.17, 15) is 18.7 Å². The molecule has 3 nitrogen and oxygen atoms in total. The highest BCUT2D eigenvalue weighted by molar-refractivity contribution is 5.79. The monoisotopic (exact) mass is 208 g/mol. The van der Waals surface area contributed by atoms with E-state index < -0.39 is 23.4 Å². The van der Waals surface area contributed by atoms with Gasteiger partial charge in [-0.3, -0.25) is 0 Å². The minimum Gasteiger partial charge on any atom is -0.461 e. The molecule has 0 heterocycles. The van der Waals surface area contributed by atoms with E-state index in [1.165, 1.54) is 6.92 Å². The van der Waals surface area contributed by atoms with Crippen LogP contribution in [-0.2, 0) is 9.53 Å². The molecule has 0 radical (unpaired) electrons. The van der Waals surface area contributed by atoms with E-state index in [0.717, 1.165) is 6.92 Å². The first-order chi connectivity index (χ1) is 6.34. The molecule has 1 N–H and O–H groups in total. The Balaban J connectivity index is 2.76. The Morgan fingerprint density at radius 2 is 2.07 bits per heavy atom. The molecular weight excluding hydrogens is 194 g/mol. The third-order valence-corrected chi connectivity index (χ3v) is 2.54. The molecule has 0 aliphatic heterocycles. The second-order valence-electron chi connectivity index (χ2n) is 3.72. The van der Waals surface area contributed by atoms with Crippen LogP contribution in [0.25, 0.3) is 0 Å². The van der Waals surface area contributed by atoms with E-state index in [4.69, 9.17) is 0 Å². The highest BCUT2D eigenvalue weighted by Gasteiger charge is 2.62. The first-order valence-corrected chi connectivity index (χ1v) is 4.61. The van der Waals surface area contributed by atoms with E-state index in [1.807, 2.05) is 0 Å². The van der Waals surface area contributed by atoms with Crippen molar-refractivity contribution in [2.24, 2.45) is 5.92 Å². The lowest BCUT2D eigenvalue weighted by Gasteiger charge is -2.30. The van der Waals surface area contributed by atoms with Gasteiger partial charge in [-0.2, -0.15) is 8.78 Å². The van der Waals surface area contributed by atoms with Gasteiger partial charge in [0.2, 0.25) is 0 Å². The molecule has 1 atom stereocenters. The smallest absolute Gasteiger partial charge is 0.380 e. The van der Waals surface area contributed by atoms with Gasteiger partial charge in [0, 0.05) is 0 Å². The average molecular weight is 208 g/mol. The average Bonchev–Trinajstić information content (AvgIpc) is 2.86. The van der Waals surface area contributed by atoms with Crippen molar-refractivity contribution in [2.75, 3.05) is 6.61 Å². The molecule has 0 spiro atoms. The topological polar surface area (TPSA) is 46.5 Å². The Hall–Kier alpha value is -0.710. The summed E-state index contributed by atoms with van der Waals surface area (Å²) >= 11 is 0. The largest absolute Gasteiger partial charge is 0.461 e. The van der Waals surface area contributed by atoms with Crippen LogP contribution >= 0.6 is 0 Å². The summed E-state index contributed by atoms with van der Waals surface area (Å²) in [6.07, 6.45) is 1.06. The van der Waals surface area contributed by atoms with Crippen molar-refractivity contribution < 1.29 is 23.4 Å². The summed E-state index contributed by atoms with van der Waals surface area (Å²) in [7, 11) is 0. The lowest BCUT2D eigenvalue weighted by atomic mass is 9.92. The summed E-state index contributed by atoms with van der Waals surface area (Å²) in [6, 6.07) is 0. The summed E-state index contributed by atoms with van der Waals surface area (Å²) in [4.78, 5) is 10.9. The Morgan fingerprint density at radius 1 is 1.57 bits per heavy atom. The van der Waals surface area contributed by atoms with Crippen molar-refractivity contribution in [1.29, 1.82) is 0 Å². The minimum absolute atomic E-state index is 0.116. The number of carbonyl (C=O) groups excluding carboxylic acids is 1. The lowest BCUT2D eigenvalue weighted by molar-refractivity contribution is -0.214. The number of aliphatic hydroxyl groups is 1. The fourth-order valence-electron chi connectivity index (χ4n) is 1.33. The fraction of sp³-hybridized carbons (Fsp3) is 0.889. The van der Waals surface area contributed by atoms with Crippen molar-refractivity contribution in [3.8, 4) is 0 Å². The molecule has 1 saturated carbocycles. The minimum atomic E-state index is -3.82. The predicted octanol–water partition coefficient (Wildman–Crippen LogP) is 1.35. The SMILES string of the molecule is CCOC(=O)C(F)(F)C(C)(O)C1CC1. The Bertz CT molecular complexity index is 234. The van der Waals surface area contributed by atoms with Crippen LogP contribution in [0.1, 0.15) is 26.7 Å². The number of carbonyl (C=O) groups is 1. The molecule has 0 saturated heterocycles. The molecule has 1 fully saturated rings. The van der Waals surface area contributed by atoms with E-state index in [1.54, 1.807) is 0 Å². The number of ether oxygens (including phenoxy) is 1. The number of halogens is 2. The molecule has 82 valence electrons. The van der Waals surface area contributed by atoms with Gasteiger partial charge in [0.05, 0.1) is 6.61 Å². The molecule has 14 heavy (non-hydrogen) atoms. The highest BCUT2D eigenvalue weighted by Crippen LogP contribution is 2.47. The van der Waals surface area contributed by atoms with Gasteiger partial charge in [-0.25, -0.2) is 4.79 Å².